The number of rotatable bonds is 7. The van der Waals surface area contributed by atoms with Crippen molar-refractivity contribution in [2.45, 2.75) is 32.3 Å². The van der Waals surface area contributed by atoms with Gasteiger partial charge in [0, 0.05) is 6.54 Å². The van der Waals surface area contributed by atoms with E-state index in [1.165, 1.54) is 19.3 Å². The highest BCUT2D eigenvalue weighted by atomic mass is 16.5. The summed E-state index contributed by atoms with van der Waals surface area (Å²) in [6.07, 6.45) is 3.25. The van der Waals surface area contributed by atoms with Crippen LogP contribution in [0.2, 0.25) is 0 Å². The molecular weight excluding hydrogens is 314 g/mol. The van der Waals surface area contributed by atoms with Crippen molar-refractivity contribution in [3.8, 4) is 17.2 Å². The number of aliphatic hydroxyl groups is 1. The van der Waals surface area contributed by atoms with Crippen molar-refractivity contribution >= 4 is 0 Å². The second-order valence-electron chi connectivity index (χ2n) is 6.64. The zero-order chi connectivity index (χ0) is 17.5. The molecule has 0 amide bonds. The zero-order valence-electron chi connectivity index (χ0n) is 14.9. The van der Waals surface area contributed by atoms with Gasteiger partial charge in [0.05, 0.1) is 0 Å². The molecule has 4 nitrogen and oxygen atoms in total. The minimum absolute atomic E-state index is 0.268. The van der Waals surface area contributed by atoms with Gasteiger partial charge in [-0.1, -0.05) is 36.8 Å². The molecule has 0 aromatic heterocycles. The lowest BCUT2D eigenvalue weighted by molar-refractivity contribution is 0.0610. The number of aryl methyl sites for hydroxylation is 1. The monoisotopic (exact) mass is 341 g/mol. The topological polar surface area (TPSA) is 41.9 Å². The maximum absolute atomic E-state index is 10.3. The SMILES string of the molecule is Cc1ccccc1Oc1ccccc1OCC(O)CN1CCCCC1. The Labute approximate surface area is 150 Å². The van der Waals surface area contributed by atoms with Gasteiger partial charge in [0.25, 0.3) is 0 Å². The third-order valence-electron chi connectivity index (χ3n) is 4.51. The van der Waals surface area contributed by atoms with Crippen LogP contribution in [0.15, 0.2) is 48.5 Å². The Bertz CT molecular complexity index is 668. The van der Waals surface area contributed by atoms with E-state index in [2.05, 4.69) is 4.90 Å². The van der Waals surface area contributed by atoms with E-state index in [0.29, 0.717) is 18.0 Å². The number of benzene rings is 2. The Kier molecular flexibility index (Phi) is 6.31. The molecule has 3 rings (SSSR count). The van der Waals surface area contributed by atoms with Crippen LogP contribution in [0.25, 0.3) is 0 Å². The highest BCUT2D eigenvalue weighted by Gasteiger charge is 2.16. The summed E-state index contributed by atoms with van der Waals surface area (Å²) in [5.41, 5.74) is 1.07. The van der Waals surface area contributed by atoms with Gasteiger partial charge in [-0.15, -0.1) is 0 Å². The fraction of sp³-hybridized carbons (Fsp3) is 0.429. The van der Waals surface area contributed by atoms with Gasteiger partial charge in [-0.05, 0) is 56.6 Å². The van der Waals surface area contributed by atoms with Crippen molar-refractivity contribution in [3.05, 3.63) is 54.1 Å². The van der Waals surface area contributed by atoms with E-state index in [1.807, 2.05) is 55.5 Å². The van der Waals surface area contributed by atoms with Crippen molar-refractivity contribution in [1.29, 1.82) is 0 Å². The van der Waals surface area contributed by atoms with Crippen molar-refractivity contribution in [2.24, 2.45) is 0 Å². The molecule has 1 heterocycles. The predicted octanol–water partition coefficient (Wildman–Crippen LogP) is 4.01. The van der Waals surface area contributed by atoms with Crippen LogP contribution in [0.5, 0.6) is 17.2 Å². The Balaban J connectivity index is 1.58. The summed E-state index contributed by atoms with van der Waals surface area (Å²) >= 11 is 0. The molecule has 1 fully saturated rings. The lowest BCUT2D eigenvalue weighted by atomic mass is 10.1. The summed E-state index contributed by atoms with van der Waals surface area (Å²) in [5.74, 6) is 2.14. The van der Waals surface area contributed by atoms with Gasteiger partial charge in [0.1, 0.15) is 18.5 Å². The maximum atomic E-state index is 10.3. The van der Waals surface area contributed by atoms with Crippen LogP contribution in [-0.4, -0.2) is 42.4 Å². The second-order valence-corrected chi connectivity index (χ2v) is 6.64. The van der Waals surface area contributed by atoms with Gasteiger partial charge in [-0.3, -0.25) is 0 Å². The molecule has 1 aliphatic rings. The molecule has 0 spiro atoms. The lowest BCUT2D eigenvalue weighted by Gasteiger charge is -2.28. The first-order valence-electron chi connectivity index (χ1n) is 9.08. The predicted molar refractivity (Wildman–Crippen MR) is 99.5 cm³/mol. The third-order valence-corrected chi connectivity index (χ3v) is 4.51. The summed E-state index contributed by atoms with van der Waals surface area (Å²) in [6, 6.07) is 15.5. The Morgan fingerprint density at radius 1 is 0.920 bits per heavy atom. The van der Waals surface area contributed by atoms with Crippen LogP contribution < -0.4 is 9.47 Å². The average Bonchev–Trinajstić information content (AvgIpc) is 2.64. The Morgan fingerprint density at radius 2 is 1.56 bits per heavy atom. The summed E-state index contributed by atoms with van der Waals surface area (Å²) in [6.45, 7) is 5.10. The standard InChI is InChI=1S/C21H27NO3/c1-17-9-3-4-10-19(17)25-21-12-6-5-11-20(21)24-16-18(23)15-22-13-7-2-8-14-22/h3-6,9-12,18,23H,2,7-8,13-16H2,1H3. The normalized spacial score (nSPS) is 16.4. The number of likely N-dealkylation sites (tertiary alicyclic amines) is 1. The van der Waals surface area contributed by atoms with Crippen LogP contribution >= 0.6 is 0 Å². The third kappa shape index (κ3) is 5.21. The van der Waals surface area contributed by atoms with Crippen LogP contribution in [0.4, 0.5) is 0 Å². The molecule has 25 heavy (non-hydrogen) atoms. The molecule has 2 aromatic carbocycles. The molecule has 134 valence electrons. The molecule has 1 saturated heterocycles. The molecule has 0 aliphatic carbocycles. The number of hydrogen-bond acceptors (Lipinski definition) is 4. The number of piperidine rings is 1. The number of β-amino-alcohol motifs (C(OH)–C–C–N with tert-alkyl or cyclic N) is 1. The first kappa shape index (κ1) is 17.8. The number of hydrogen-bond donors (Lipinski definition) is 1. The lowest BCUT2D eigenvalue weighted by Crippen LogP contribution is -2.38. The fourth-order valence-electron chi connectivity index (χ4n) is 3.12. The quantitative estimate of drug-likeness (QED) is 0.826. The summed E-state index contributed by atoms with van der Waals surface area (Å²) < 4.78 is 11.9. The minimum atomic E-state index is -0.496. The van der Waals surface area contributed by atoms with Crippen molar-refractivity contribution < 1.29 is 14.6 Å². The number of para-hydroxylation sites is 3. The largest absolute Gasteiger partial charge is 0.487 e. The Morgan fingerprint density at radius 3 is 2.28 bits per heavy atom. The van der Waals surface area contributed by atoms with Gasteiger partial charge in [-0.25, -0.2) is 0 Å². The van der Waals surface area contributed by atoms with Crippen LogP contribution in [-0.2, 0) is 0 Å². The van der Waals surface area contributed by atoms with E-state index in [1.54, 1.807) is 0 Å². The van der Waals surface area contributed by atoms with Gasteiger partial charge in [-0.2, -0.15) is 0 Å². The molecule has 0 bridgehead atoms. The van der Waals surface area contributed by atoms with Crippen LogP contribution in [0.1, 0.15) is 24.8 Å². The van der Waals surface area contributed by atoms with E-state index in [9.17, 15) is 5.11 Å². The molecule has 4 heteroatoms. The molecule has 1 N–H and O–H groups in total. The van der Waals surface area contributed by atoms with Gasteiger partial charge in [0.2, 0.25) is 0 Å². The van der Waals surface area contributed by atoms with E-state index in [4.69, 9.17) is 9.47 Å². The molecule has 1 aliphatic heterocycles. The van der Waals surface area contributed by atoms with Crippen LogP contribution in [0.3, 0.4) is 0 Å². The van der Waals surface area contributed by atoms with Crippen molar-refractivity contribution in [2.75, 3.05) is 26.2 Å². The molecule has 0 radical (unpaired) electrons. The minimum Gasteiger partial charge on any atom is -0.487 e. The van der Waals surface area contributed by atoms with Gasteiger partial charge >= 0.3 is 0 Å². The second kappa shape index (κ2) is 8.88. The van der Waals surface area contributed by atoms with Crippen molar-refractivity contribution in [1.82, 2.24) is 4.90 Å². The van der Waals surface area contributed by atoms with Gasteiger partial charge in [0.15, 0.2) is 11.5 Å². The summed E-state index contributed by atoms with van der Waals surface area (Å²) in [4.78, 5) is 2.31. The molecule has 2 aromatic rings. The first-order chi connectivity index (χ1) is 12.2. The van der Waals surface area contributed by atoms with E-state index in [-0.39, 0.29) is 6.61 Å². The number of aliphatic hydroxyl groups excluding tert-OH is 1. The smallest absolute Gasteiger partial charge is 0.169 e. The molecule has 1 unspecified atom stereocenters. The van der Waals surface area contributed by atoms with E-state index in [0.717, 1.165) is 24.4 Å². The van der Waals surface area contributed by atoms with E-state index < -0.39 is 6.10 Å². The highest BCUT2D eigenvalue weighted by Crippen LogP contribution is 2.32. The number of ether oxygens (including phenoxy) is 2. The van der Waals surface area contributed by atoms with Gasteiger partial charge < -0.3 is 19.5 Å². The fourth-order valence-corrected chi connectivity index (χ4v) is 3.12. The van der Waals surface area contributed by atoms with E-state index >= 15 is 0 Å². The number of nitrogens with zero attached hydrogens (tertiary/aromatic N) is 1. The summed E-state index contributed by atoms with van der Waals surface area (Å²) in [7, 11) is 0. The molecule has 1 atom stereocenters. The highest BCUT2D eigenvalue weighted by molar-refractivity contribution is 5.44. The zero-order valence-corrected chi connectivity index (χ0v) is 14.9. The average molecular weight is 341 g/mol. The summed E-state index contributed by atoms with van der Waals surface area (Å²) in [5, 5.41) is 10.3. The Hall–Kier alpha value is -2.04. The maximum Gasteiger partial charge on any atom is 0.169 e. The molecule has 0 saturated carbocycles. The van der Waals surface area contributed by atoms with Crippen LogP contribution in [0, 0.1) is 6.92 Å². The molecular formula is C21H27NO3. The first-order valence-corrected chi connectivity index (χ1v) is 9.08. The van der Waals surface area contributed by atoms with Crippen molar-refractivity contribution in [3.63, 3.8) is 0 Å².